The van der Waals surface area contributed by atoms with Crippen molar-refractivity contribution in [2.45, 2.75) is 37.7 Å². The first kappa shape index (κ1) is 12.0. The summed E-state index contributed by atoms with van der Waals surface area (Å²) in [6.45, 7) is 0. The lowest BCUT2D eigenvalue weighted by molar-refractivity contribution is -0.0124. The first-order valence-electron chi connectivity index (χ1n) is 6.23. The predicted octanol–water partition coefficient (Wildman–Crippen LogP) is 4.20. The smallest absolute Gasteiger partial charge is 0.0719 e. The zero-order valence-corrected chi connectivity index (χ0v) is 12.0. The average molecular weight is 316 g/mol. The summed E-state index contributed by atoms with van der Waals surface area (Å²) >= 11 is 9.64. The van der Waals surface area contributed by atoms with E-state index in [-0.39, 0.29) is 0 Å². The highest BCUT2D eigenvalue weighted by atomic mass is 79.9. The predicted molar refractivity (Wildman–Crippen MR) is 73.3 cm³/mol. The number of hydrogen-bond acceptors (Lipinski definition) is 1. The molecule has 0 radical (unpaired) electrons. The van der Waals surface area contributed by atoms with Gasteiger partial charge in [0.2, 0.25) is 0 Å². The molecule has 2 fully saturated rings. The van der Waals surface area contributed by atoms with Crippen molar-refractivity contribution >= 4 is 27.5 Å². The van der Waals surface area contributed by atoms with E-state index in [0.717, 1.165) is 27.4 Å². The van der Waals surface area contributed by atoms with Crippen LogP contribution in [0.5, 0.6) is 0 Å². The van der Waals surface area contributed by atoms with Gasteiger partial charge in [0.05, 0.1) is 5.60 Å². The van der Waals surface area contributed by atoms with E-state index in [4.69, 9.17) is 11.6 Å². The lowest BCUT2D eigenvalue weighted by Gasteiger charge is -2.32. The molecule has 2 bridgehead atoms. The Balaban J connectivity index is 1.83. The fourth-order valence-electron chi connectivity index (χ4n) is 3.63. The number of halogens is 2. The molecule has 1 N–H and O–H groups in total. The molecule has 1 aromatic rings. The monoisotopic (exact) mass is 314 g/mol. The van der Waals surface area contributed by atoms with Crippen LogP contribution in [0.1, 0.15) is 31.2 Å². The van der Waals surface area contributed by atoms with E-state index in [1.54, 1.807) is 0 Å². The number of benzene rings is 1. The first-order valence-corrected chi connectivity index (χ1v) is 7.40. The molecule has 1 aromatic carbocycles. The normalized spacial score (nSPS) is 35.5. The second kappa shape index (κ2) is 4.25. The first-order chi connectivity index (χ1) is 8.07. The topological polar surface area (TPSA) is 20.2 Å². The lowest BCUT2D eigenvalue weighted by Crippen LogP contribution is -2.37. The molecule has 2 saturated carbocycles. The fraction of sp³-hybridized carbons (Fsp3) is 0.571. The zero-order valence-electron chi connectivity index (χ0n) is 9.63. The van der Waals surface area contributed by atoms with Crippen molar-refractivity contribution in [1.29, 1.82) is 0 Å². The molecule has 2 aliphatic rings. The third kappa shape index (κ3) is 2.16. The van der Waals surface area contributed by atoms with Crippen molar-refractivity contribution in [2.24, 2.45) is 11.8 Å². The Kier molecular flexibility index (Phi) is 3.00. The van der Waals surface area contributed by atoms with Crippen LogP contribution in [-0.2, 0) is 6.42 Å². The summed E-state index contributed by atoms with van der Waals surface area (Å²) < 4.78 is 0.992. The minimum absolute atomic E-state index is 0.493. The van der Waals surface area contributed by atoms with E-state index in [2.05, 4.69) is 15.9 Å². The number of fused-ring (bicyclic) bond motifs is 2. The Morgan fingerprint density at radius 3 is 2.82 bits per heavy atom. The van der Waals surface area contributed by atoms with Gasteiger partial charge in [-0.05, 0) is 55.2 Å². The second-order valence-corrected chi connectivity index (χ2v) is 6.92. The molecular formula is C14H16BrClO. The van der Waals surface area contributed by atoms with Gasteiger partial charge in [0.25, 0.3) is 0 Å². The quantitative estimate of drug-likeness (QED) is 0.867. The van der Waals surface area contributed by atoms with Crippen molar-refractivity contribution in [3.05, 3.63) is 33.3 Å². The highest BCUT2D eigenvalue weighted by Crippen LogP contribution is 2.52. The van der Waals surface area contributed by atoms with Crippen LogP contribution in [0.4, 0.5) is 0 Å². The van der Waals surface area contributed by atoms with Crippen LogP contribution in [0.25, 0.3) is 0 Å². The summed E-state index contributed by atoms with van der Waals surface area (Å²) in [5.74, 6) is 1.24. The van der Waals surface area contributed by atoms with Gasteiger partial charge < -0.3 is 5.11 Å². The minimum Gasteiger partial charge on any atom is -0.389 e. The van der Waals surface area contributed by atoms with Crippen molar-refractivity contribution < 1.29 is 5.11 Å². The Hall–Kier alpha value is -0.0500. The molecule has 92 valence electrons. The van der Waals surface area contributed by atoms with Crippen LogP contribution in [0.3, 0.4) is 0 Å². The highest BCUT2D eigenvalue weighted by Gasteiger charge is 2.49. The molecule has 0 amide bonds. The maximum atomic E-state index is 10.8. The largest absolute Gasteiger partial charge is 0.389 e. The van der Waals surface area contributed by atoms with Gasteiger partial charge in [0, 0.05) is 15.9 Å². The maximum absolute atomic E-state index is 10.8. The second-order valence-electron chi connectivity index (χ2n) is 5.60. The van der Waals surface area contributed by atoms with Crippen LogP contribution in [-0.4, -0.2) is 10.7 Å². The van der Waals surface area contributed by atoms with Gasteiger partial charge in [-0.1, -0.05) is 33.6 Å². The van der Waals surface area contributed by atoms with E-state index < -0.39 is 5.60 Å². The van der Waals surface area contributed by atoms with Crippen molar-refractivity contribution in [3.8, 4) is 0 Å². The van der Waals surface area contributed by atoms with Crippen molar-refractivity contribution in [2.75, 3.05) is 0 Å². The van der Waals surface area contributed by atoms with Crippen molar-refractivity contribution in [1.82, 2.24) is 0 Å². The Bertz CT molecular complexity index is 448. The summed E-state index contributed by atoms with van der Waals surface area (Å²) in [5.41, 5.74) is 0.574. The van der Waals surface area contributed by atoms with Gasteiger partial charge in [-0.3, -0.25) is 0 Å². The fourth-order valence-corrected chi connectivity index (χ4v) is 4.37. The third-order valence-corrected chi connectivity index (χ3v) is 5.30. The van der Waals surface area contributed by atoms with E-state index in [9.17, 15) is 5.11 Å². The molecule has 0 saturated heterocycles. The molecule has 0 spiro atoms. The molecule has 3 atom stereocenters. The van der Waals surface area contributed by atoms with E-state index in [1.165, 1.54) is 19.3 Å². The van der Waals surface area contributed by atoms with Gasteiger partial charge in [0.15, 0.2) is 0 Å². The van der Waals surface area contributed by atoms with E-state index in [1.807, 2.05) is 18.2 Å². The molecule has 3 heteroatoms. The van der Waals surface area contributed by atoms with Gasteiger partial charge >= 0.3 is 0 Å². The van der Waals surface area contributed by atoms with Crippen LogP contribution in [0.15, 0.2) is 22.7 Å². The summed E-state index contributed by atoms with van der Waals surface area (Å²) in [6.07, 6.45) is 5.38. The summed E-state index contributed by atoms with van der Waals surface area (Å²) in [7, 11) is 0. The van der Waals surface area contributed by atoms with Crippen LogP contribution >= 0.6 is 27.5 Å². The Morgan fingerprint density at radius 1 is 1.41 bits per heavy atom. The average Bonchev–Trinajstić information content (AvgIpc) is 2.82. The van der Waals surface area contributed by atoms with Gasteiger partial charge in [-0.25, -0.2) is 0 Å². The van der Waals surface area contributed by atoms with Crippen LogP contribution < -0.4 is 0 Å². The molecule has 3 unspecified atom stereocenters. The third-order valence-electron chi connectivity index (χ3n) is 4.45. The maximum Gasteiger partial charge on any atom is 0.0719 e. The SMILES string of the molecule is OC1(Cc2ccc(Br)cc2Cl)CC2CCC1C2. The van der Waals surface area contributed by atoms with E-state index >= 15 is 0 Å². The molecule has 0 heterocycles. The Labute approximate surface area is 115 Å². The molecule has 0 aromatic heterocycles. The standard InChI is InChI=1S/C14H16BrClO/c15-12-4-2-10(13(16)6-12)8-14(17)7-9-1-3-11(14)5-9/h2,4,6,9,11,17H,1,3,5,7-8H2. The van der Waals surface area contributed by atoms with Gasteiger partial charge in [-0.15, -0.1) is 0 Å². The molecule has 2 aliphatic carbocycles. The Morgan fingerprint density at radius 2 is 2.24 bits per heavy atom. The summed E-state index contributed by atoms with van der Waals surface area (Å²) in [5, 5.41) is 11.5. The lowest BCUT2D eigenvalue weighted by atomic mass is 9.80. The summed E-state index contributed by atoms with van der Waals surface area (Å²) in [4.78, 5) is 0. The minimum atomic E-state index is -0.500. The highest BCUT2D eigenvalue weighted by molar-refractivity contribution is 9.10. The zero-order chi connectivity index (χ0) is 12.0. The van der Waals surface area contributed by atoms with E-state index in [0.29, 0.717) is 12.3 Å². The van der Waals surface area contributed by atoms with Gasteiger partial charge in [0.1, 0.15) is 0 Å². The molecule has 17 heavy (non-hydrogen) atoms. The summed E-state index contributed by atoms with van der Waals surface area (Å²) in [6, 6.07) is 5.93. The number of rotatable bonds is 2. The number of hydrogen-bond donors (Lipinski definition) is 1. The molecule has 3 rings (SSSR count). The van der Waals surface area contributed by atoms with Crippen LogP contribution in [0.2, 0.25) is 5.02 Å². The van der Waals surface area contributed by atoms with Crippen LogP contribution in [0, 0.1) is 11.8 Å². The van der Waals surface area contributed by atoms with Crippen molar-refractivity contribution in [3.63, 3.8) is 0 Å². The molecule has 0 aliphatic heterocycles. The molecule has 1 nitrogen and oxygen atoms in total. The number of aliphatic hydroxyl groups is 1. The molecular weight excluding hydrogens is 300 g/mol. The van der Waals surface area contributed by atoms with Gasteiger partial charge in [-0.2, -0.15) is 0 Å².